The van der Waals surface area contributed by atoms with Crippen molar-refractivity contribution >= 4 is 29.1 Å². The number of carbonyl (C=O) groups excluding carboxylic acids is 1. The molecule has 3 heterocycles. The molecule has 0 unspecified atom stereocenters. The number of hydrogen-bond acceptors (Lipinski definition) is 7. The van der Waals surface area contributed by atoms with E-state index >= 15 is 0 Å². The summed E-state index contributed by atoms with van der Waals surface area (Å²) in [5.41, 5.74) is 4.50. The number of ether oxygens (including phenoxy) is 1. The van der Waals surface area contributed by atoms with E-state index in [-0.39, 0.29) is 0 Å². The van der Waals surface area contributed by atoms with E-state index in [0.717, 1.165) is 42.0 Å². The van der Waals surface area contributed by atoms with E-state index in [1.807, 2.05) is 12.4 Å². The van der Waals surface area contributed by atoms with Crippen LogP contribution in [0.3, 0.4) is 0 Å². The molecule has 2 N–H and O–H groups in total. The van der Waals surface area contributed by atoms with Crippen LogP contribution in [0, 0.1) is 0 Å². The van der Waals surface area contributed by atoms with Gasteiger partial charge in [0.2, 0.25) is 12.4 Å². The van der Waals surface area contributed by atoms with Crippen LogP contribution in [-0.2, 0) is 17.8 Å². The van der Waals surface area contributed by atoms with Crippen LogP contribution < -0.4 is 15.4 Å². The number of carbonyl (C=O) groups is 1. The topological polar surface area (TPSA) is 97.2 Å². The first-order valence-corrected chi connectivity index (χ1v) is 11.6. The Labute approximate surface area is 194 Å². The summed E-state index contributed by atoms with van der Waals surface area (Å²) in [6, 6.07) is 4.77. The third-order valence-corrected chi connectivity index (χ3v) is 6.34. The molecule has 5 rings (SSSR count). The number of methoxy groups -OCH3 is 1. The van der Waals surface area contributed by atoms with E-state index in [9.17, 15) is 0 Å². The molecule has 33 heavy (non-hydrogen) atoms. The fraction of sp³-hybridized carbons (Fsp3) is 0.500. The molecule has 1 aliphatic heterocycles. The van der Waals surface area contributed by atoms with Gasteiger partial charge in [0, 0.05) is 26.3 Å². The minimum Gasteiger partial charge on any atom is -0.495 e. The maximum atomic E-state index is 9.06. The second kappa shape index (κ2) is 10.6. The third-order valence-electron chi connectivity index (χ3n) is 6.34. The number of aromatic nitrogens is 4. The minimum absolute atomic E-state index is 0.442. The maximum Gasteiger partial charge on any atom is 0.229 e. The van der Waals surface area contributed by atoms with Gasteiger partial charge in [-0.05, 0) is 49.6 Å². The van der Waals surface area contributed by atoms with Gasteiger partial charge in [-0.3, -0.25) is 4.79 Å². The van der Waals surface area contributed by atoms with Crippen molar-refractivity contribution < 1.29 is 9.53 Å². The first kappa shape index (κ1) is 23.0. The van der Waals surface area contributed by atoms with Crippen LogP contribution >= 0.6 is 0 Å². The van der Waals surface area contributed by atoms with Gasteiger partial charge in [0.15, 0.2) is 5.65 Å². The molecule has 1 fully saturated rings. The molecule has 1 aromatic carbocycles. The smallest absolute Gasteiger partial charge is 0.229 e. The number of anilines is 2. The van der Waals surface area contributed by atoms with Crippen LogP contribution in [0.5, 0.6) is 5.75 Å². The second-order valence-corrected chi connectivity index (χ2v) is 8.69. The number of hydrogen-bond donors (Lipinski definition) is 2. The predicted molar refractivity (Wildman–Crippen MR) is 129 cm³/mol. The highest BCUT2D eigenvalue weighted by Crippen LogP contribution is 2.34. The van der Waals surface area contributed by atoms with Gasteiger partial charge in [0.1, 0.15) is 5.75 Å². The zero-order valence-corrected chi connectivity index (χ0v) is 19.7. The standard InChI is InChI=1S/C22H28N6O.C2H5NO/c1-27-9-8-15-11-20(29-2)19(10-16(15)14-27)25-22-23-12-17-13-24-28(21(17)26-22)18-6-4-3-5-7-18;1-3-2-4/h10-13,18H,3-9,14H2,1-2H3,(H,23,25,26);2H,1H3,(H,3,4). The highest BCUT2D eigenvalue weighted by molar-refractivity contribution is 5.76. The largest absolute Gasteiger partial charge is 0.495 e. The number of benzene rings is 1. The zero-order chi connectivity index (χ0) is 23.2. The SMILES string of the molecule is CNC=O.COc1cc2c(cc1Nc1ncc3cnn(C4CCCCC4)c3n1)CN(C)CC2. The fourth-order valence-corrected chi connectivity index (χ4v) is 4.60. The van der Waals surface area contributed by atoms with Gasteiger partial charge < -0.3 is 20.3 Å². The summed E-state index contributed by atoms with van der Waals surface area (Å²) in [6.07, 6.45) is 11.6. The van der Waals surface area contributed by atoms with E-state index in [2.05, 4.69) is 49.5 Å². The van der Waals surface area contributed by atoms with Crippen molar-refractivity contribution in [2.24, 2.45) is 0 Å². The van der Waals surface area contributed by atoms with Gasteiger partial charge in [-0.1, -0.05) is 19.3 Å². The average Bonchev–Trinajstić information content (AvgIpc) is 3.27. The van der Waals surface area contributed by atoms with Crippen molar-refractivity contribution in [3.8, 4) is 5.75 Å². The molecular formula is C24H33N7O2. The Kier molecular flexibility index (Phi) is 7.39. The van der Waals surface area contributed by atoms with E-state index in [1.165, 1.54) is 43.2 Å². The zero-order valence-electron chi connectivity index (χ0n) is 19.7. The van der Waals surface area contributed by atoms with Crippen LogP contribution in [0.25, 0.3) is 11.0 Å². The van der Waals surface area contributed by atoms with Gasteiger partial charge in [0.05, 0.1) is 30.4 Å². The molecule has 1 saturated carbocycles. The van der Waals surface area contributed by atoms with Crippen molar-refractivity contribution in [2.75, 3.05) is 33.1 Å². The molecule has 2 aromatic heterocycles. The van der Waals surface area contributed by atoms with Crippen molar-refractivity contribution in [3.05, 3.63) is 35.7 Å². The molecule has 3 aromatic rings. The molecule has 1 amide bonds. The van der Waals surface area contributed by atoms with Crippen LogP contribution in [0.1, 0.15) is 49.3 Å². The molecule has 2 aliphatic rings. The number of rotatable bonds is 5. The van der Waals surface area contributed by atoms with Crippen molar-refractivity contribution in [2.45, 2.75) is 51.1 Å². The first-order valence-electron chi connectivity index (χ1n) is 11.6. The summed E-state index contributed by atoms with van der Waals surface area (Å²) in [5.74, 6) is 1.41. The molecule has 0 radical (unpaired) electrons. The summed E-state index contributed by atoms with van der Waals surface area (Å²) in [6.45, 7) is 2.02. The van der Waals surface area contributed by atoms with Gasteiger partial charge in [0.25, 0.3) is 0 Å². The Morgan fingerprint density at radius 3 is 2.67 bits per heavy atom. The van der Waals surface area contributed by atoms with E-state index in [4.69, 9.17) is 14.5 Å². The maximum absolute atomic E-state index is 9.06. The summed E-state index contributed by atoms with van der Waals surface area (Å²) in [4.78, 5) is 20.7. The lowest BCUT2D eigenvalue weighted by molar-refractivity contribution is -0.109. The summed E-state index contributed by atoms with van der Waals surface area (Å²) in [5, 5.41) is 11.3. The van der Waals surface area contributed by atoms with E-state index in [1.54, 1.807) is 14.2 Å². The lowest BCUT2D eigenvalue weighted by atomic mass is 9.96. The van der Waals surface area contributed by atoms with Gasteiger partial charge >= 0.3 is 0 Å². The number of fused-ring (bicyclic) bond motifs is 2. The van der Waals surface area contributed by atoms with Crippen LogP contribution in [0.15, 0.2) is 24.5 Å². The summed E-state index contributed by atoms with van der Waals surface area (Å²) in [7, 11) is 5.43. The molecular weight excluding hydrogens is 418 g/mol. The second-order valence-electron chi connectivity index (χ2n) is 8.69. The minimum atomic E-state index is 0.442. The molecule has 1 aliphatic carbocycles. The number of amides is 1. The quantitative estimate of drug-likeness (QED) is 0.574. The lowest BCUT2D eigenvalue weighted by Gasteiger charge is -2.26. The van der Waals surface area contributed by atoms with Crippen molar-refractivity contribution in [3.63, 3.8) is 0 Å². The fourth-order valence-electron chi connectivity index (χ4n) is 4.60. The normalized spacial score (nSPS) is 16.5. The third kappa shape index (κ3) is 5.24. The van der Waals surface area contributed by atoms with Crippen LogP contribution in [-0.4, -0.2) is 58.8 Å². The van der Waals surface area contributed by atoms with Crippen molar-refractivity contribution in [1.29, 1.82) is 0 Å². The summed E-state index contributed by atoms with van der Waals surface area (Å²) < 4.78 is 7.75. The van der Waals surface area contributed by atoms with Crippen LogP contribution in [0.2, 0.25) is 0 Å². The molecule has 0 atom stereocenters. The highest BCUT2D eigenvalue weighted by atomic mass is 16.5. The Hall–Kier alpha value is -3.20. The predicted octanol–water partition coefficient (Wildman–Crippen LogP) is 3.43. The summed E-state index contributed by atoms with van der Waals surface area (Å²) >= 11 is 0. The Morgan fingerprint density at radius 1 is 1.15 bits per heavy atom. The molecule has 0 saturated heterocycles. The highest BCUT2D eigenvalue weighted by Gasteiger charge is 2.20. The molecule has 0 spiro atoms. The van der Waals surface area contributed by atoms with Gasteiger partial charge in [-0.2, -0.15) is 10.1 Å². The van der Waals surface area contributed by atoms with E-state index in [0.29, 0.717) is 18.4 Å². The van der Waals surface area contributed by atoms with Crippen LogP contribution in [0.4, 0.5) is 11.6 Å². The molecule has 0 bridgehead atoms. The van der Waals surface area contributed by atoms with Gasteiger partial charge in [-0.25, -0.2) is 9.67 Å². The Bertz CT molecular complexity index is 1090. The van der Waals surface area contributed by atoms with Crippen molar-refractivity contribution in [1.82, 2.24) is 30.0 Å². The first-order chi connectivity index (χ1) is 16.1. The Morgan fingerprint density at radius 2 is 1.94 bits per heavy atom. The Balaban J connectivity index is 0.000000601. The number of nitrogens with zero attached hydrogens (tertiary/aromatic N) is 5. The number of nitrogens with one attached hydrogen (secondary N) is 2. The number of likely N-dealkylation sites (N-methyl/N-ethyl adjacent to an activating group) is 1. The van der Waals surface area contributed by atoms with E-state index < -0.39 is 0 Å². The molecule has 176 valence electrons. The van der Waals surface area contributed by atoms with Gasteiger partial charge in [-0.15, -0.1) is 0 Å². The lowest BCUT2D eigenvalue weighted by Crippen LogP contribution is -2.26. The monoisotopic (exact) mass is 451 g/mol. The molecule has 9 heteroatoms. The molecule has 9 nitrogen and oxygen atoms in total. The average molecular weight is 452 g/mol.